The molecule has 2 fully saturated rings. The van der Waals surface area contributed by atoms with Gasteiger partial charge in [0, 0.05) is 11.6 Å². The van der Waals surface area contributed by atoms with Crippen molar-refractivity contribution in [1.29, 1.82) is 0 Å². The number of carbonyl (C=O) groups excluding carboxylic acids is 1. The van der Waals surface area contributed by atoms with Gasteiger partial charge in [0.15, 0.2) is 0 Å². The van der Waals surface area contributed by atoms with Gasteiger partial charge in [-0.1, -0.05) is 27.7 Å². The van der Waals surface area contributed by atoms with Gasteiger partial charge < -0.3 is 10.6 Å². The molecule has 3 atom stereocenters. The number of rotatable bonds is 5. The van der Waals surface area contributed by atoms with E-state index in [0.717, 1.165) is 12.3 Å². The van der Waals surface area contributed by atoms with Gasteiger partial charge in [-0.3, -0.25) is 4.79 Å². The summed E-state index contributed by atoms with van der Waals surface area (Å²) in [5.74, 6) is 0.946. The van der Waals surface area contributed by atoms with E-state index in [1.54, 1.807) is 0 Å². The lowest BCUT2D eigenvalue weighted by atomic mass is 9.69. The number of carbonyl (C=O) groups is 1. The lowest BCUT2D eigenvalue weighted by Gasteiger charge is -2.39. The van der Waals surface area contributed by atoms with Gasteiger partial charge in [-0.2, -0.15) is 0 Å². The van der Waals surface area contributed by atoms with Crippen LogP contribution in [0.4, 0.5) is 0 Å². The van der Waals surface area contributed by atoms with Crippen LogP contribution in [0.3, 0.4) is 0 Å². The summed E-state index contributed by atoms with van der Waals surface area (Å²) in [6.07, 6.45) is 4.84. The van der Waals surface area contributed by atoms with Gasteiger partial charge in [0.25, 0.3) is 0 Å². The van der Waals surface area contributed by atoms with E-state index in [1.165, 1.54) is 19.3 Å². The molecule has 1 amide bonds. The molecule has 2 saturated carbocycles. The van der Waals surface area contributed by atoms with Crippen molar-refractivity contribution in [3.63, 3.8) is 0 Å². The monoisotopic (exact) mass is 280 g/mol. The fraction of sp³-hybridized carbons (Fsp3) is 0.941. The number of hydrogen-bond donors (Lipinski definition) is 2. The van der Waals surface area contributed by atoms with Crippen LogP contribution < -0.4 is 10.6 Å². The van der Waals surface area contributed by atoms with Crippen molar-refractivity contribution in [1.82, 2.24) is 10.6 Å². The summed E-state index contributed by atoms with van der Waals surface area (Å²) in [5.41, 5.74) is 0.651. The minimum absolute atomic E-state index is 0.101. The third kappa shape index (κ3) is 2.49. The first-order valence-corrected chi connectivity index (χ1v) is 8.17. The minimum atomic E-state index is -0.101. The summed E-state index contributed by atoms with van der Waals surface area (Å²) in [4.78, 5) is 12.1. The fourth-order valence-electron chi connectivity index (χ4n) is 4.24. The maximum Gasteiger partial charge on any atom is 0.234 e. The Morgan fingerprint density at radius 2 is 1.95 bits per heavy atom. The molecule has 3 heteroatoms. The molecule has 0 aromatic heterocycles. The van der Waals surface area contributed by atoms with Crippen LogP contribution in [0.15, 0.2) is 0 Å². The van der Waals surface area contributed by atoms with Crippen LogP contribution in [-0.4, -0.2) is 24.0 Å². The summed E-state index contributed by atoms with van der Waals surface area (Å²) in [6, 6.07) is 0.492. The highest BCUT2D eigenvalue weighted by Crippen LogP contribution is 2.65. The molecule has 116 valence electrons. The normalized spacial score (nSPS) is 35.3. The summed E-state index contributed by atoms with van der Waals surface area (Å²) in [6.45, 7) is 13.9. The molecule has 0 aromatic carbocycles. The van der Waals surface area contributed by atoms with E-state index in [9.17, 15) is 4.79 Å². The van der Waals surface area contributed by atoms with Gasteiger partial charge in [-0.05, 0) is 56.3 Å². The molecule has 0 heterocycles. The van der Waals surface area contributed by atoms with Crippen molar-refractivity contribution >= 4 is 5.91 Å². The van der Waals surface area contributed by atoms with Gasteiger partial charge in [-0.15, -0.1) is 0 Å². The largest absolute Gasteiger partial charge is 0.350 e. The number of nitrogens with one attached hydrogen (secondary N) is 2. The standard InChI is InChI=1S/C17H32N2O/c1-7-15(2,3)19-14(20)11-18-13-10-12-8-9-17(13,6)16(12,4)5/h12-13,18H,7-11H2,1-6H3,(H,19,20). The van der Waals surface area contributed by atoms with Crippen molar-refractivity contribution in [3.05, 3.63) is 0 Å². The van der Waals surface area contributed by atoms with Crippen molar-refractivity contribution < 1.29 is 4.79 Å². The van der Waals surface area contributed by atoms with Crippen molar-refractivity contribution in [2.24, 2.45) is 16.7 Å². The first kappa shape index (κ1) is 15.8. The molecule has 0 spiro atoms. The Balaban J connectivity index is 1.89. The second-order valence-corrected chi connectivity index (χ2v) is 8.33. The van der Waals surface area contributed by atoms with Crippen molar-refractivity contribution in [2.75, 3.05) is 6.54 Å². The molecule has 0 aromatic rings. The SMILES string of the molecule is CCC(C)(C)NC(=O)CNC1CC2CCC1(C)C2(C)C. The Labute approximate surface area is 124 Å². The van der Waals surface area contributed by atoms with Gasteiger partial charge in [0.05, 0.1) is 6.54 Å². The highest BCUT2D eigenvalue weighted by atomic mass is 16.2. The molecule has 2 rings (SSSR count). The van der Waals surface area contributed by atoms with Crippen molar-refractivity contribution in [2.45, 2.75) is 78.8 Å². The van der Waals surface area contributed by atoms with Gasteiger partial charge in [0.1, 0.15) is 0 Å². The second-order valence-electron chi connectivity index (χ2n) is 8.33. The summed E-state index contributed by atoms with van der Waals surface area (Å²) in [7, 11) is 0. The maximum absolute atomic E-state index is 12.1. The Hall–Kier alpha value is -0.570. The molecule has 0 aliphatic heterocycles. The molecular formula is C17H32N2O. The Bertz CT molecular complexity index is 388. The minimum Gasteiger partial charge on any atom is -0.350 e. The van der Waals surface area contributed by atoms with E-state index in [-0.39, 0.29) is 11.4 Å². The molecule has 0 saturated heterocycles. The van der Waals surface area contributed by atoms with Crippen LogP contribution in [0.25, 0.3) is 0 Å². The smallest absolute Gasteiger partial charge is 0.234 e. The van der Waals surface area contributed by atoms with Crippen LogP contribution in [0, 0.1) is 16.7 Å². The first-order valence-electron chi connectivity index (χ1n) is 8.17. The van der Waals surface area contributed by atoms with E-state index in [4.69, 9.17) is 0 Å². The van der Waals surface area contributed by atoms with E-state index in [0.29, 0.717) is 23.4 Å². The quantitative estimate of drug-likeness (QED) is 0.812. The summed E-state index contributed by atoms with van der Waals surface area (Å²) >= 11 is 0. The molecular weight excluding hydrogens is 248 g/mol. The number of fused-ring (bicyclic) bond motifs is 2. The predicted octanol–water partition coefficient (Wildman–Crippen LogP) is 3.10. The van der Waals surface area contributed by atoms with Crippen LogP contribution >= 0.6 is 0 Å². The zero-order valence-corrected chi connectivity index (χ0v) is 14.1. The molecule has 3 nitrogen and oxygen atoms in total. The molecule has 2 bridgehead atoms. The zero-order valence-electron chi connectivity index (χ0n) is 14.1. The van der Waals surface area contributed by atoms with E-state index < -0.39 is 0 Å². The molecule has 2 N–H and O–H groups in total. The molecule has 2 aliphatic carbocycles. The second kappa shape index (κ2) is 5.01. The number of hydrogen-bond acceptors (Lipinski definition) is 2. The molecule has 2 aliphatic rings. The van der Waals surface area contributed by atoms with Crippen LogP contribution in [-0.2, 0) is 4.79 Å². The number of amides is 1. The lowest BCUT2D eigenvalue weighted by molar-refractivity contribution is -0.122. The van der Waals surface area contributed by atoms with Crippen LogP contribution in [0.5, 0.6) is 0 Å². The molecule has 0 radical (unpaired) electrons. The first-order chi connectivity index (χ1) is 9.12. The Morgan fingerprint density at radius 3 is 2.40 bits per heavy atom. The zero-order chi connectivity index (χ0) is 15.2. The van der Waals surface area contributed by atoms with E-state index in [1.807, 2.05) is 0 Å². The fourth-order valence-corrected chi connectivity index (χ4v) is 4.24. The van der Waals surface area contributed by atoms with E-state index >= 15 is 0 Å². The summed E-state index contributed by atoms with van der Waals surface area (Å²) < 4.78 is 0. The average molecular weight is 280 g/mol. The summed E-state index contributed by atoms with van der Waals surface area (Å²) in [5, 5.41) is 6.65. The highest BCUT2D eigenvalue weighted by Gasteiger charge is 2.61. The Kier molecular flexibility index (Phi) is 3.96. The van der Waals surface area contributed by atoms with Crippen LogP contribution in [0.1, 0.15) is 67.2 Å². The van der Waals surface area contributed by atoms with E-state index in [2.05, 4.69) is 52.2 Å². The lowest BCUT2D eigenvalue weighted by Crippen LogP contribution is -2.51. The van der Waals surface area contributed by atoms with Gasteiger partial charge in [0.2, 0.25) is 5.91 Å². The predicted molar refractivity (Wildman–Crippen MR) is 83.5 cm³/mol. The van der Waals surface area contributed by atoms with Crippen LogP contribution in [0.2, 0.25) is 0 Å². The topological polar surface area (TPSA) is 41.1 Å². The third-order valence-electron chi connectivity index (χ3n) is 6.66. The third-order valence-corrected chi connectivity index (χ3v) is 6.66. The van der Waals surface area contributed by atoms with Crippen molar-refractivity contribution in [3.8, 4) is 0 Å². The highest BCUT2D eigenvalue weighted by molar-refractivity contribution is 5.78. The Morgan fingerprint density at radius 1 is 1.30 bits per heavy atom. The van der Waals surface area contributed by atoms with Gasteiger partial charge in [-0.25, -0.2) is 0 Å². The molecule has 20 heavy (non-hydrogen) atoms. The van der Waals surface area contributed by atoms with Gasteiger partial charge >= 0.3 is 0 Å². The maximum atomic E-state index is 12.1. The average Bonchev–Trinajstić information content (AvgIpc) is 2.68. The molecule has 3 unspecified atom stereocenters.